The second-order valence-electron chi connectivity index (χ2n) is 5.61. The van der Waals surface area contributed by atoms with Crippen molar-refractivity contribution in [3.63, 3.8) is 0 Å². The van der Waals surface area contributed by atoms with Crippen molar-refractivity contribution >= 4 is 17.5 Å². The van der Waals surface area contributed by atoms with E-state index in [4.69, 9.17) is 4.74 Å². The van der Waals surface area contributed by atoms with E-state index in [1.165, 1.54) is 13.0 Å². The van der Waals surface area contributed by atoms with Crippen molar-refractivity contribution in [3.05, 3.63) is 34.3 Å². The molecule has 4 rings (SSSR count). The molecule has 1 N–H and O–H groups in total. The largest absolute Gasteiger partial charge is 0.456 e. The third kappa shape index (κ3) is 1.75. The van der Waals surface area contributed by atoms with E-state index in [1.54, 1.807) is 0 Å². The molecule has 2 heterocycles. The summed E-state index contributed by atoms with van der Waals surface area (Å²) in [5.41, 5.74) is 2.83. The molecule has 0 saturated carbocycles. The van der Waals surface area contributed by atoms with Crippen molar-refractivity contribution in [3.8, 4) is 0 Å². The van der Waals surface area contributed by atoms with Crippen LogP contribution in [0.3, 0.4) is 0 Å². The van der Waals surface area contributed by atoms with Gasteiger partial charge in [-0.05, 0) is 18.4 Å². The summed E-state index contributed by atoms with van der Waals surface area (Å²) >= 11 is 0. The van der Waals surface area contributed by atoms with E-state index in [0.717, 1.165) is 18.7 Å². The van der Waals surface area contributed by atoms with Crippen LogP contribution in [0.5, 0.6) is 0 Å². The number of hydrogen-bond acceptors (Lipinski definition) is 5. The van der Waals surface area contributed by atoms with Gasteiger partial charge in [-0.1, -0.05) is 0 Å². The lowest BCUT2D eigenvalue weighted by Crippen LogP contribution is -2.21. The van der Waals surface area contributed by atoms with Crippen molar-refractivity contribution in [2.45, 2.75) is 25.9 Å². The number of ketones is 2. The molecule has 0 spiro atoms. The van der Waals surface area contributed by atoms with Crippen LogP contribution in [0.15, 0.2) is 11.8 Å². The van der Waals surface area contributed by atoms with Gasteiger partial charge in [0.05, 0.1) is 17.0 Å². The van der Waals surface area contributed by atoms with E-state index in [0.29, 0.717) is 35.5 Å². The third-order valence-corrected chi connectivity index (χ3v) is 4.19. The number of allylic oxidation sites excluding steroid dienone is 2. The molecule has 0 radical (unpaired) electrons. The number of rotatable bonds is 2. The monoisotopic (exact) mass is 286 g/mol. The Morgan fingerprint density at radius 3 is 2.81 bits per heavy atom. The van der Waals surface area contributed by atoms with Crippen molar-refractivity contribution in [2.75, 3.05) is 13.1 Å². The van der Waals surface area contributed by atoms with Crippen molar-refractivity contribution in [2.24, 2.45) is 0 Å². The molecule has 1 saturated heterocycles. The van der Waals surface area contributed by atoms with Gasteiger partial charge in [-0.2, -0.15) is 0 Å². The summed E-state index contributed by atoms with van der Waals surface area (Å²) in [6.45, 7) is 2.99. The number of hydrogen-bond donors (Lipinski definition) is 1. The highest BCUT2D eigenvalue weighted by atomic mass is 16.5. The van der Waals surface area contributed by atoms with Crippen LogP contribution in [0.25, 0.3) is 0 Å². The summed E-state index contributed by atoms with van der Waals surface area (Å²) in [5.74, 6) is -0.633. The van der Waals surface area contributed by atoms with Crippen LogP contribution in [-0.2, 0) is 16.0 Å². The minimum Gasteiger partial charge on any atom is -0.456 e. The number of H-pyrrole nitrogens is 1. The van der Waals surface area contributed by atoms with E-state index in [2.05, 4.69) is 4.98 Å². The number of nitrogens with one attached hydrogen (secondary N) is 1. The van der Waals surface area contributed by atoms with Gasteiger partial charge in [0.25, 0.3) is 0 Å². The Balaban J connectivity index is 1.77. The predicted molar refractivity (Wildman–Crippen MR) is 71.9 cm³/mol. The Morgan fingerprint density at radius 2 is 2.14 bits per heavy atom. The molecule has 1 aliphatic heterocycles. The van der Waals surface area contributed by atoms with Gasteiger partial charge in [0, 0.05) is 26.1 Å². The first-order chi connectivity index (χ1) is 10.1. The van der Waals surface area contributed by atoms with E-state index in [-0.39, 0.29) is 23.6 Å². The fourth-order valence-corrected chi connectivity index (χ4v) is 3.19. The van der Waals surface area contributed by atoms with Crippen LogP contribution in [0.1, 0.15) is 51.6 Å². The van der Waals surface area contributed by atoms with Gasteiger partial charge in [0.15, 0.2) is 5.78 Å². The summed E-state index contributed by atoms with van der Waals surface area (Å²) in [4.78, 5) is 40.9. The summed E-state index contributed by atoms with van der Waals surface area (Å²) in [7, 11) is 0. The maximum absolute atomic E-state index is 12.5. The van der Waals surface area contributed by atoms with Gasteiger partial charge in [-0.3, -0.25) is 14.4 Å². The van der Waals surface area contributed by atoms with Gasteiger partial charge in [-0.15, -0.1) is 0 Å². The Labute approximate surface area is 120 Å². The van der Waals surface area contributed by atoms with Crippen LogP contribution in [0, 0.1) is 0 Å². The number of fused-ring (bicyclic) bond motifs is 3. The molecule has 0 bridgehead atoms. The van der Waals surface area contributed by atoms with Gasteiger partial charge in [-0.25, -0.2) is 0 Å². The molecule has 21 heavy (non-hydrogen) atoms. The molecule has 6 nitrogen and oxygen atoms in total. The molecule has 108 valence electrons. The van der Waals surface area contributed by atoms with Crippen LogP contribution in [-0.4, -0.2) is 40.5 Å². The van der Waals surface area contributed by atoms with Gasteiger partial charge in [0.1, 0.15) is 11.8 Å². The molecule has 6 heteroatoms. The molecule has 1 atom stereocenters. The standard InChI is InChI=1S/C15H14N2O4/c1-7(18)21-11-3-2-8-12-10(19)6-9(17-4-5-17)15(20)14(12)16-13(8)11/h6,11,16H,2-5H2,1H3/t11-/m0/s1. The second kappa shape index (κ2) is 4.07. The summed E-state index contributed by atoms with van der Waals surface area (Å²) in [6, 6.07) is 0. The Kier molecular flexibility index (Phi) is 2.40. The van der Waals surface area contributed by atoms with Crippen LogP contribution >= 0.6 is 0 Å². The molecule has 1 fully saturated rings. The summed E-state index contributed by atoms with van der Waals surface area (Å²) < 4.78 is 5.25. The summed E-state index contributed by atoms with van der Waals surface area (Å²) in [5, 5.41) is 0. The number of carbonyl (C=O) groups excluding carboxylic acids is 3. The topological polar surface area (TPSA) is 79.2 Å². The second-order valence-corrected chi connectivity index (χ2v) is 5.61. The zero-order valence-electron chi connectivity index (χ0n) is 11.6. The fourth-order valence-electron chi connectivity index (χ4n) is 3.19. The first kappa shape index (κ1) is 12.4. The first-order valence-electron chi connectivity index (χ1n) is 7.04. The summed E-state index contributed by atoms with van der Waals surface area (Å²) in [6.07, 6.45) is 2.35. The zero-order valence-corrected chi connectivity index (χ0v) is 11.6. The lowest BCUT2D eigenvalue weighted by molar-refractivity contribution is -0.146. The van der Waals surface area contributed by atoms with Crippen LogP contribution in [0.2, 0.25) is 0 Å². The number of carbonyl (C=O) groups is 3. The Bertz CT molecular complexity index is 724. The highest BCUT2D eigenvalue weighted by molar-refractivity contribution is 6.24. The third-order valence-electron chi connectivity index (χ3n) is 4.19. The minimum absolute atomic E-state index is 0.132. The maximum Gasteiger partial charge on any atom is 0.303 e. The lowest BCUT2D eigenvalue weighted by atomic mass is 9.95. The molecule has 1 aromatic heterocycles. The minimum atomic E-state index is -0.381. The Morgan fingerprint density at radius 1 is 1.38 bits per heavy atom. The molecular formula is C15H14N2O4. The number of aromatic nitrogens is 1. The number of esters is 1. The molecule has 2 aliphatic carbocycles. The van der Waals surface area contributed by atoms with Gasteiger partial charge in [0.2, 0.25) is 5.78 Å². The quantitative estimate of drug-likeness (QED) is 0.651. The SMILES string of the molecule is CC(=O)O[C@H]1CCc2c1[nH]c1c2C(=O)C=C(N2CC2)C1=O. The van der Waals surface area contributed by atoms with E-state index < -0.39 is 0 Å². The fraction of sp³-hybridized carbons (Fsp3) is 0.400. The van der Waals surface area contributed by atoms with Crippen molar-refractivity contribution in [1.82, 2.24) is 9.88 Å². The normalized spacial score (nSPS) is 22.8. The van der Waals surface area contributed by atoms with Gasteiger partial charge < -0.3 is 14.6 Å². The van der Waals surface area contributed by atoms with E-state index in [1.807, 2.05) is 4.90 Å². The van der Waals surface area contributed by atoms with Crippen molar-refractivity contribution < 1.29 is 19.1 Å². The average Bonchev–Trinajstić information content (AvgIpc) is 3.08. The highest BCUT2D eigenvalue weighted by Gasteiger charge is 2.40. The number of Topliss-reactive ketones (excluding diaryl/α,β-unsaturated/α-hetero) is 1. The molecule has 0 unspecified atom stereocenters. The molecular weight excluding hydrogens is 272 g/mol. The van der Waals surface area contributed by atoms with Crippen LogP contribution < -0.4 is 0 Å². The van der Waals surface area contributed by atoms with Crippen molar-refractivity contribution in [1.29, 1.82) is 0 Å². The van der Waals surface area contributed by atoms with E-state index >= 15 is 0 Å². The predicted octanol–water partition coefficient (Wildman–Crippen LogP) is 1.14. The molecule has 0 aromatic carbocycles. The molecule has 3 aliphatic rings. The number of nitrogens with zero attached hydrogens (tertiary/aromatic N) is 1. The lowest BCUT2D eigenvalue weighted by Gasteiger charge is -2.14. The number of ether oxygens (including phenoxy) is 1. The first-order valence-corrected chi connectivity index (χ1v) is 7.04. The molecule has 1 aromatic rings. The zero-order chi connectivity index (χ0) is 14.7. The Hall–Kier alpha value is -2.37. The van der Waals surface area contributed by atoms with Crippen LogP contribution in [0.4, 0.5) is 0 Å². The average molecular weight is 286 g/mol. The molecule has 0 amide bonds. The smallest absolute Gasteiger partial charge is 0.303 e. The highest BCUT2D eigenvalue weighted by Crippen LogP contribution is 2.40. The van der Waals surface area contributed by atoms with E-state index in [9.17, 15) is 14.4 Å². The van der Waals surface area contributed by atoms with Gasteiger partial charge >= 0.3 is 5.97 Å². The number of aromatic amines is 1. The maximum atomic E-state index is 12.5.